The van der Waals surface area contributed by atoms with Crippen LogP contribution in [0.4, 0.5) is 0 Å². The van der Waals surface area contributed by atoms with Crippen molar-refractivity contribution in [2.45, 2.75) is 38.5 Å². The van der Waals surface area contributed by atoms with Crippen LogP contribution in [-0.2, 0) is 0 Å². The van der Waals surface area contributed by atoms with Crippen molar-refractivity contribution in [3.05, 3.63) is 12.7 Å². The number of rotatable bonds is 10. The number of allylic oxidation sites excluding steroid dienone is 1. The van der Waals surface area contributed by atoms with Crippen LogP contribution in [0.25, 0.3) is 0 Å². The molecule has 78 valence electrons. The molecule has 0 radical (unpaired) electrons. The predicted molar refractivity (Wildman–Crippen MR) is 57.9 cm³/mol. The van der Waals surface area contributed by atoms with Crippen LogP contribution in [0.2, 0.25) is 0 Å². The van der Waals surface area contributed by atoms with E-state index in [9.17, 15) is 0 Å². The first-order valence-corrected chi connectivity index (χ1v) is 5.34. The zero-order valence-corrected chi connectivity index (χ0v) is 8.60. The van der Waals surface area contributed by atoms with Gasteiger partial charge in [0.1, 0.15) is 0 Å². The molecule has 0 unspecified atom stereocenters. The smallest absolute Gasteiger partial charge is 0.0431 e. The third kappa shape index (κ3) is 11.7. The van der Waals surface area contributed by atoms with E-state index < -0.39 is 0 Å². The average molecular weight is 185 g/mol. The summed E-state index contributed by atoms with van der Waals surface area (Å²) < 4.78 is 0. The lowest BCUT2D eigenvalue weighted by Crippen LogP contribution is -2.16. The van der Waals surface area contributed by atoms with E-state index >= 15 is 0 Å². The van der Waals surface area contributed by atoms with Crippen molar-refractivity contribution in [2.75, 3.05) is 19.7 Å². The highest BCUT2D eigenvalue weighted by Gasteiger charge is 1.89. The quantitative estimate of drug-likeness (QED) is 0.403. The monoisotopic (exact) mass is 185 g/mol. The van der Waals surface area contributed by atoms with E-state index in [0.717, 1.165) is 32.4 Å². The first-order chi connectivity index (χ1) is 6.41. The van der Waals surface area contributed by atoms with Crippen molar-refractivity contribution in [1.82, 2.24) is 5.32 Å². The molecule has 2 N–H and O–H groups in total. The normalized spacial score (nSPS) is 10.2. The van der Waals surface area contributed by atoms with Crippen molar-refractivity contribution in [3.63, 3.8) is 0 Å². The fourth-order valence-corrected chi connectivity index (χ4v) is 1.21. The van der Waals surface area contributed by atoms with Gasteiger partial charge in [-0.05, 0) is 38.8 Å². The summed E-state index contributed by atoms with van der Waals surface area (Å²) >= 11 is 0. The Hall–Kier alpha value is -0.340. The standard InChI is InChI=1S/C11H23NO/c1-2-3-6-9-12-10-7-4-5-8-11-13/h2,12-13H,1,3-11H2. The molecule has 0 saturated carbocycles. The van der Waals surface area contributed by atoms with Crippen molar-refractivity contribution in [3.8, 4) is 0 Å². The van der Waals surface area contributed by atoms with E-state index in [1.54, 1.807) is 0 Å². The van der Waals surface area contributed by atoms with Gasteiger partial charge in [0, 0.05) is 6.61 Å². The van der Waals surface area contributed by atoms with Crippen molar-refractivity contribution < 1.29 is 5.11 Å². The molecule has 0 spiro atoms. The minimum Gasteiger partial charge on any atom is -0.396 e. The second-order valence-electron chi connectivity index (χ2n) is 3.32. The summed E-state index contributed by atoms with van der Waals surface area (Å²) in [6.45, 7) is 6.23. The van der Waals surface area contributed by atoms with E-state index in [2.05, 4.69) is 11.9 Å². The van der Waals surface area contributed by atoms with E-state index in [4.69, 9.17) is 5.11 Å². The topological polar surface area (TPSA) is 32.3 Å². The largest absolute Gasteiger partial charge is 0.396 e. The summed E-state index contributed by atoms with van der Waals surface area (Å²) in [6.07, 6.45) is 8.84. The maximum Gasteiger partial charge on any atom is 0.0431 e. The molecule has 0 rings (SSSR count). The molecule has 13 heavy (non-hydrogen) atoms. The maximum absolute atomic E-state index is 8.54. The van der Waals surface area contributed by atoms with Crippen LogP contribution in [0.1, 0.15) is 38.5 Å². The minimum absolute atomic E-state index is 0.340. The summed E-state index contributed by atoms with van der Waals surface area (Å²) in [4.78, 5) is 0. The Morgan fingerprint density at radius 1 is 1.00 bits per heavy atom. The summed E-state index contributed by atoms with van der Waals surface area (Å²) in [6, 6.07) is 0. The zero-order chi connectivity index (χ0) is 9.78. The Balaban J connectivity index is 2.79. The molecule has 2 nitrogen and oxygen atoms in total. The molecule has 0 amide bonds. The van der Waals surface area contributed by atoms with Crippen LogP contribution in [0, 0.1) is 0 Å². The number of unbranched alkanes of at least 4 members (excludes halogenated alkanes) is 4. The Morgan fingerprint density at radius 3 is 2.38 bits per heavy atom. The van der Waals surface area contributed by atoms with Gasteiger partial charge in [-0.15, -0.1) is 6.58 Å². The number of aliphatic hydroxyl groups is 1. The van der Waals surface area contributed by atoms with Crippen molar-refractivity contribution in [1.29, 1.82) is 0 Å². The second-order valence-corrected chi connectivity index (χ2v) is 3.32. The third-order valence-corrected chi connectivity index (χ3v) is 2.02. The van der Waals surface area contributed by atoms with E-state index in [-0.39, 0.29) is 0 Å². The SMILES string of the molecule is C=CCCCNCCCCCCO. The zero-order valence-electron chi connectivity index (χ0n) is 8.60. The highest BCUT2D eigenvalue weighted by molar-refractivity contribution is 4.66. The predicted octanol–water partition coefficient (Wildman–Crippen LogP) is 2.09. The lowest BCUT2D eigenvalue weighted by atomic mass is 10.2. The van der Waals surface area contributed by atoms with Gasteiger partial charge in [-0.3, -0.25) is 0 Å². The molecule has 0 saturated heterocycles. The van der Waals surface area contributed by atoms with Gasteiger partial charge in [-0.2, -0.15) is 0 Å². The number of nitrogens with one attached hydrogen (secondary N) is 1. The number of hydrogen-bond acceptors (Lipinski definition) is 2. The Morgan fingerprint density at radius 2 is 1.69 bits per heavy atom. The van der Waals surface area contributed by atoms with Gasteiger partial charge in [0.15, 0.2) is 0 Å². The van der Waals surface area contributed by atoms with Gasteiger partial charge in [-0.1, -0.05) is 18.9 Å². The van der Waals surface area contributed by atoms with E-state index in [0.29, 0.717) is 6.61 Å². The molecule has 0 bridgehead atoms. The minimum atomic E-state index is 0.340. The second kappa shape index (κ2) is 11.7. The summed E-state index contributed by atoms with van der Waals surface area (Å²) in [5.41, 5.74) is 0. The lowest BCUT2D eigenvalue weighted by molar-refractivity contribution is 0.282. The van der Waals surface area contributed by atoms with Gasteiger partial charge in [0.05, 0.1) is 0 Å². The Kier molecular flexibility index (Phi) is 11.4. The van der Waals surface area contributed by atoms with Crippen LogP contribution in [0.3, 0.4) is 0 Å². The molecule has 0 aliphatic rings. The first-order valence-electron chi connectivity index (χ1n) is 5.34. The molecule has 0 atom stereocenters. The van der Waals surface area contributed by atoms with E-state index in [1.807, 2.05) is 6.08 Å². The van der Waals surface area contributed by atoms with Gasteiger partial charge in [0.25, 0.3) is 0 Å². The van der Waals surface area contributed by atoms with Crippen LogP contribution in [-0.4, -0.2) is 24.8 Å². The fraction of sp³-hybridized carbons (Fsp3) is 0.818. The summed E-state index contributed by atoms with van der Waals surface area (Å²) in [5.74, 6) is 0. The molecule has 0 aromatic carbocycles. The van der Waals surface area contributed by atoms with Crippen LogP contribution < -0.4 is 5.32 Å². The van der Waals surface area contributed by atoms with Crippen LogP contribution >= 0.6 is 0 Å². The molecule has 0 aliphatic heterocycles. The van der Waals surface area contributed by atoms with Crippen LogP contribution in [0.15, 0.2) is 12.7 Å². The van der Waals surface area contributed by atoms with Crippen molar-refractivity contribution >= 4 is 0 Å². The molecule has 0 fully saturated rings. The van der Waals surface area contributed by atoms with E-state index in [1.165, 1.54) is 19.3 Å². The van der Waals surface area contributed by atoms with Gasteiger partial charge in [0.2, 0.25) is 0 Å². The highest BCUT2D eigenvalue weighted by atomic mass is 16.2. The molecule has 0 aromatic heterocycles. The highest BCUT2D eigenvalue weighted by Crippen LogP contribution is 1.97. The van der Waals surface area contributed by atoms with Gasteiger partial charge in [-0.25, -0.2) is 0 Å². The number of hydrogen-bond donors (Lipinski definition) is 2. The molecular formula is C11H23NO. The van der Waals surface area contributed by atoms with Crippen LogP contribution in [0.5, 0.6) is 0 Å². The first kappa shape index (κ1) is 12.7. The fourth-order valence-electron chi connectivity index (χ4n) is 1.21. The summed E-state index contributed by atoms with van der Waals surface area (Å²) in [7, 11) is 0. The summed E-state index contributed by atoms with van der Waals surface area (Å²) in [5, 5.41) is 11.9. The Bertz CT molecular complexity index is 104. The molecule has 0 aliphatic carbocycles. The Labute approximate surface area is 82.0 Å². The van der Waals surface area contributed by atoms with Crippen molar-refractivity contribution in [2.24, 2.45) is 0 Å². The molecule has 0 aromatic rings. The number of aliphatic hydroxyl groups excluding tert-OH is 1. The molecular weight excluding hydrogens is 162 g/mol. The maximum atomic E-state index is 8.54. The molecule has 0 heterocycles. The lowest BCUT2D eigenvalue weighted by Gasteiger charge is -2.02. The third-order valence-electron chi connectivity index (χ3n) is 2.02. The molecule has 2 heteroatoms. The van der Waals surface area contributed by atoms with Gasteiger partial charge < -0.3 is 10.4 Å². The average Bonchev–Trinajstić information content (AvgIpc) is 2.16. The van der Waals surface area contributed by atoms with Gasteiger partial charge >= 0.3 is 0 Å².